The zero-order valence-corrected chi connectivity index (χ0v) is 21.7. The molecule has 1 aromatic heterocycles. The van der Waals surface area contributed by atoms with Crippen LogP contribution in [0.2, 0.25) is 0 Å². The monoisotopic (exact) mass is 527 g/mol. The number of para-hydroxylation sites is 1. The minimum absolute atomic E-state index is 0.260. The van der Waals surface area contributed by atoms with Crippen molar-refractivity contribution in [1.82, 2.24) is 9.88 Å². The molecule has 0 bridgehead atoms. The predicted molar refractivity (Wildman–Crippen MR) is 150 cm³/mol. The van der Waals surface area contributed by atoms with Crippen LogP contribution in [0.15, 0.2) is 104 Å². The quantitative estimate of drug-likeness (QED) is 0.365. The van der Waals surface area contributed by atoms with Crippen LogP contribution >= 0.6 is 0 Å². The molecule has 196 valence electrons. The summed E-state index contributed by atoms with van der Waals surface area (Å²) in [6.45, 7) is 0. The molecule has 7 rings (SSSR count). The number of benzene rings is 3. The Balaban J connectivity index is 1.54. The summed E-state index contributed by atoms with van der Waals surface area (Å²) < 4.78 is 5.40. The number of methoxy groups -OCH3 is 1. The van der Waals surface area contributed by atoms with E-state index in [-0.39, 0.29) is 17.5 Å². The standard InChI is InChI=1S/C33H25N3O4/c1-40-23-11-6-9-21(18-23)30(38)28-27(29(37)22-10-7-16-34-19-22)33(25-13-4-5-14-26(25)35-32(33)39)31-24-12-3-2-8-20(24)15-17-36(28)31/h2-19,27-28,31H,1H3,(H,35,39)/t27-,28-,31+,33+/m0/s1. The molecule has 7 nitrogen and oxygen atoms in total. The molecule has 3 aromatic carbocycles. The van der Waals surface area contributed by atoms with Gasteiger partial charge < -0.3 is 15.0 Å². The minimum Gasteiger partial charge on any atom is -0.497 e. The molecule has 7 heteroatoms. The molecule has 1 amide bonds. The topological polar surface area (TPSA) is 88.6 Å². The van der Waals surface area contributed by atoms with E-state index < -0.39 is 23.4 Å². The van der Waals surface area contributed by atoms with Crippen molar-refractivity contribution in [3.8, 4) is 5.75 Å². The average molecular weight is 528 g/mol. The van der Waals surface area contributed by atoms with E-state index in [0.717, 1.165) is 11.1 Å². The number of ketones is 2. The van der Waals surface area contributed by atoms with Crippen LogP contribution in [0.4, 0.5) is 5.69 Å². The first-order chi connectivity index (χ1) is 19.6. The van der Waals surface area contributed by atoms with E-state index in [4.69, 9.17) is 4.74 Å². The van der Waals surface area contributed by atoms with E-state index >= 15 is 0 Å². The Morgan fingerprint density at radius 1 is 0.925 bits per heavy atom. The van der Waals surface area contributed by atoms with Gasteiger partial charge in [0.05, 0.1) is 19.1 Å². The van der Waals surface area contributed by atoms with Crippen molar-refractivity contribution in [3.05, 3.63) is 131 Å². The fourth-order valence-electron chi connectivity index (χ4n) is 6.80. The Morgan fingerprint density at radius 2 is 1.73 bits per heavy atom. The lowest BCUT2D eigenvalue weighted by molar-refractivity contribution is -0.122. The summed E-state index contributed by atoms with van der Waals surface area (Å²) in [6.07, 6.45) is 6.91. The maximum atomic E-state index is 14.6. The molecule has 1 spiro atoms. The van der Waals surface area contributed by atoms with Gasteiger partial charge in [0.25, 0.3) is 0 Å². The van der Waals surface area contributed by atoms with Gasteiger partial charge in [0.2, 0.25) is 5.91 Å². The Morgan fingerprint density at radius 3 is 2.55 bits per heavy atom. The second kappa shape index (κ2) is 9.02. The smallest absolute Gasteiger partial charge is 0.238 e. The van der Waals surface area contributed by atoms with Gasteiger partial charge in [-0.15, -0.1) is 0 Å². The minimum atomic E-state index is -1.37. The molecular formula is C33H25N3O4. The van der Waals surface area contributed by atoms with Crippen LogP contribution in [0.3, 0.4) is 0 Å². The fourth-order valence-corrected chi connectivity index (χ4v) is 6.80. The lowest BCUT2D eigenvalue weighted by Crippen LogP contribution is -2.49. The van der Waals surface area contributed by atoms with Gasteiger partial charge in [0, 0.05) is 35.4 Å². The van der Waals surface area contributed by atoms with Gasteiger partial charge >= 0.3 is 0 Å². The number of nitrogens with zero attached hydrogens (tertiary/aromatic N) is 2. The van der Waals surface area contributed by atoms with Crippen molar-refractivity contribution >= 4 is 29.2 Å². The van der Waals surface area contributed by atoms with Crippen LogP contribution in [-0.4, -0.2) is 40.5 Å². The van der Waals surface area contributed by atoms with Gasteiger partial charge in [-0.25, -0.2) is 0 Å². The van der Waals surface area contributed by atoms with Crippen LogP contribution in [-0.2, 0) is 10.2 Å². The van der Waals surface area contributed by atoms with E-state index in [2.05, 4.69) is 10.3 Å². The summed E-state index contributed by atoms with van der Waals surface area (Å²) in [6, 6.07) is 24.1. The summed E-state index contributed by atoms with van der Waals surface area (Å²) in [5.74, 6) is -1.36. The normalized spacial score (nSPS) is 23.8. The zero-order chi connectivity index (χ0) is 27.4. The van der Waals surface area contributed by atoms with Crippen LogP contribution < -0.4 is 10.1 Å². The Hall–Kier alpha value is -5.04. The van der Waals surface area contributed by atoms with Crippen molar-refractivity contribution in [3.63, 3.8) is 0 Å². The van der Waals surface area contributed by atoms with Crippen LogP contribution in [0.25, 0.3) is 6.08 Å². The van der Waals surface area contributed by atoms with Crippen molar-refractivity contribution in [1.29, 1.82) is 0 Å². The molecule has 1 saturated heterocycles. The number of nitrogens with one attached hydrogen (secondary N) is 1. The number of Topliss-reactive ketones (excluding diaryl/α,β-unsaturated/α-hetero) is 2. The second-order valence-electron chi connectivity index (χ2n) is 10.3. The number of carbonyl (C=O) groups excluding carboxylic acids is 3. The van der Waals surface area contributed by atoms with Gasteiger partial charge in [-0.2, -0.15) is 0 Å². The largest absolute Gasteiger partial charge is 0.497 e. The first-order valence-corrected chi connectivity index (χ1v) is 13.1. The SMILES string of the molecule is COc1cccc(C(=O)[C@@H]2[C@@H](C(=O)c3cccnc3)[C@@]3(C(=O)Nc4ccccc43)[C@H]3c4ccccc4C=CN23)c1. The molecule has 40 heavy (non-hydrogen) atoms. The third kappa shape index (κ3) is 3.24. The van der Waals surface area contributed by atoms with Gasteiger partial charge in [-0.05, 0) is 53.1 Å². The van der Waals surface area contributed by atoms with Crippen molar-refractivity contribution in [2.75, 3.05) is 12.4 Å². The summed E-state index contributed by atoms with van der Waals surface area (Å²) in [5.41, 5.74) is 2.59. The number of aromatic nitrogens is 1. The third-order valence-electron chi connectivity index (χ3n) is 8.42. The first kappa shape index (κ1) is 24.0. The van der Waals surface area contributed by atoms with Gasteiger partial charge in [0.1, 0.15) is 17.2 Å². The number of pyridine rings is 1. The zero-order valence-electron chi connectivity index (χ0n) is 21.7. The van der Waals surface area contributed by atoms with E-state index in [9.17, 15) is 14.4 Å². The molecular weight excluding hydrogens is 502 g/mol. The molecule has 4 atom stereocenters. The summed E-state index contributed by atoms with van der Waals surface area (Å²) in [5, 5.41) is 3.06. The van der Waals surface area contributed by atoms with Crippen molar-refractivity contribution < 1.29 is 19.1 Å². The fraction of sp³-hybridized carbons (Fsp3) is 0.152. The van der Waals surface area contributed by atoms with E-state index in [0.29, 0.717) is 28.1 Å². The third-order valence-corrected chi connectivity index (χ3v) is 8.42. The molecule has 0 unspecified atom stereocenters. The number of hydrogen-bond donors (Lipinski definition) is 1. The maximum Gasteiger partial charge on any atom is 0.238 e. The number of carbonyl (C=O) groups is 3. The van der Waals surface area contributed by atoms with E-state index in [1.807, 2.05) is 65.7 Å². The highest BCUT2D eigenvalue weighted by atomic mass is 16.5. The molecule has 1 fully saturated rings. The molecule has 0 aliphatic carbocycles. The maximum absolute atomic E-state index is 14.6. The lowest BCUT2D eigenvalue weighted by Gasteiger charge is -2.38. The number of hydrogen-bond acceptors (Lipinski definition) is 6. The molecule has 3 aliphatic heterocycles. The number of amides is 1. The van der Waals surface area contributed by atoms with Crippen molar-refractivity contribution in [2.45, 2.75) is 17.5 Å². The molecule has 3 aliphatic rings. The number of ether oxygens (including phenoxy) is 1. The van der Waals surface area contributed by atoms with Gasteiger partial charge in [-0.1, -0.05) is 54.6 Å². The number of rotatable bonds is 5. The van der Waals surface area contributed by atoms with Crippen molar-refractivity contribution in [2.24, 2.45) is 5.92 Å². The predicted octanol–water partition coefficient (Wildman–Crippen LogP) is 5.07. The summed E-state index contributed by atoms with van der Waals surface area (Å²) >= 11 is 0. The van der Waals surface area contributed by atoms with Crippen LogP contribution in [0.5, 0.6) is 5.75 Å². The molecule has 0 radical (unpaired) electrons. The lowest BCUT2D eigenvalue weighted by atomic mass is 9.62. The van der Waals surface area contributed by atoms with E-state index in [1.54, 1.807) is 49.7 Å². The molecule has 4 heterocycles. The Labute approximate surface area is 231 Å². The summed E-state index contributed by atoms with van der Waals surface area (Å²) in [7, 11) is 1.54. The van der Waals surface area contributed by atoms with E-state index in [1.165, 1.54) is 6.20 Å². The van der Waals surface area contributed by atoms with Gasteiger partial charge in [-0.3, -0.25) is 19.4 Å². The van der Waals surface area contributed by atoms with Gasteiger partial charge in [0.15, 0.2) is 11.6 Å². The molecule has 1 N–H and O–H groups in total. The highest BCUT2D eigenvalue weighted by Crippen LogP contribution is 2.62. The summed E-state index contributed by atoms with van der Waals surface area (Å²) in [4.78, 5) is 49.7. The highest BCUT2D eigenvalue weighted by molar-refractivity contribution is 6.16. The molecule has 4 aromatic rings. The average Bonchev–Trinajstić information content (AvgIpc) is 3.49. The number of fused-ring (bicyclic) bond motifs is 6. The Bertz CT molecular complexity index is 1720. The first-order valence-electron chi connectivity index (χ1n) is 13.1. The van der Waals surface area contributed by atoms with Crippen LogP contribution in [0, 0.1) is 5.92 Å². The number of anilines is 1. The molecule has 0 saturated carbocycles. The second-order valence-corrected chi connectivity index (χ2v) is 10.3. The Kier molecular flexibility index (Phi) is 5.42. The highest BCUT2D eigenvalue weighted by Gasteiger charge is 2.70. The van der Waals surface area contributed by atoms with Crippen LogP contribution in [0.1, 0.15) is 43.4 Å².